The van der Waals surface area contributed by atoms with Gasteiger partial charge < -0.3 is 24.2 Å². The van der Waals surface area contributed by atoms with Gasteiger partial charge in [0.15, 0.2) is 0 Å². The van der Waals surface area contributed by atoms with Gasteiger partial charge in [-0.1, -0.05) is 0 Å². The Morgan fingerprint density at radius 3 is 2.68 bits per heavy atom. The average Bonchev–Trinajstić information content (AvgIpc) is 2.75. The lowest BCUT2D eigenvalue weighted by molar-refractivity contribution is -0.154. The first-order chi connectivity index (χ1) is 11.9. The number of aliphatic hydroxyl groups excluding tert-OH is 1. The molecule has 3 rings (SSSR count). The molecule has 2 aliphatic heterocycles. The summed E-state index contributed by atoms with van der Waals surface area (Å²) >= 11 is 0. The fourth-order valence-corrected chi connectivity index (χ4v) is 3.62. The molecule has 1 aromatic rings. The highest BCUT2D eigenvalue weighted by atomic mass is 16.5. The Labute approximate surface area is 148 Å². The van der Waals surface area contributed by atoms with Crippen molar-refractivity contribution in [3.63, 3.8) is 0 Å². The van der Waals surface area contributed by atoms with Crippen LogP contribution in [0.25, 0.3) is 0 Å². The molecule has 0 spiro atoms. The first-order valence-electron chi connectivity index (χ1n) is 8.73. The standard InChI is InChI=1S/C19H27NO5/c1-18(2)12-20(17(22)19(13-21)6-8-24-9-7-19)11-14-4-5-15(23-3)10-16(14)25-18/h4-5,10,21H,6-9,11-13H2,1-3H3. The zero-order valence-electron chi connectivity index (χ0n) is 15.2. The maximum atomic E-state index is 13.3. The van der Waals surface area contributed by atoms with E-state index in [1.807, 2.05) is 36.9 Å². The number of benzene rings is 1. The van der Waals surface area contributed by atoms with E-state index >= 15 is 0 Å². The summed E-state index contributed by atoms with van der Waals surface area (Å²) in [5, 5.41) is 9.96. The lowest BCUT2D eigenvalue weighted by Crippen LogP contribution is -2.52. The number of carbonyl (C=O) groups is 1. The Bertz CT molecular complexity index is 637. The van der Waals surface area contributed by atoms with Gasteiger partial charge in [0.1, 0.15) is 17.1 Å². The van der Waals surface area contributed by atoms with Crippen molar-refractivity contribution in [3.8, 4) is 11.5 Å². The van der Waals surface area contributed by atoms with E-state index in [-0.39, 0.29) is 12.5 Å². The molecule has 2 aliphatic rings. The predicted octanol–water partition coefficient (Wildman–Crippen LogP) is 1.98. The second-order valence-electron chi connectivity index (χ2n) is 7.55. The minimum absolute atomic E-state index is 0.0151. The summed E-state index contributed by atoms with van der Waals surface area (Å²) in [5.41, 5.74) is -0.333. The van der Waals surface area contributed by atoms with Crippen LogP contribution in [0.2, 0.25) is 0 Å². The van der Waals surface area contributed by atoms with Crippen molar-refractivity contribution < 1.29 is 24.1 Å². The van der Waals surface area contributed by atoms with Crippen LogP contribution in [0.1, 0.15) is 32.3 Å². The normalized spacial score (nSPS) is 21.7. The molecule has 0 aromatic heterocycles. The number of ether oxygens (including phenoxy) is 3. The quantitative estimate of drug-likeness (QED) is 0.904. The lowest BCUT2D eigenvalue weighted by Gasteiger charge is -2.39. The molecule has 0 unspecified atom stereocenters. The Balaban J connectivity index is 1.91. The Kier molecular flexibility index (Phi) is 4.93. The Morgan fingerprint density at radius 2 is 2.04 bits per heavy atom. The van der Waals surface area contributed by atoms with E-state index < -0.39 is 11.0 Å². The van der Waals surface area contributed by atoms with Crippen LogP contribution >= 0.6 is 0 Å². The molecular formula is C19H27NO5. The molecule has 1 amide bonds. The Hall–Kier alpha value is -1.79. The molecule has 2 heterocycles. The van der Waals surface area contributed by atoms with Crippen molar-refractivity contribution in [2.75, 3.05) is 33.5 Å². The van der Waals surface area contributed by atoms with Gasteiger partial charge in [0.2, 0.25) is 5.91 Å². The van der Waals surface area contributed by atoms with Crippen molar-refractivity contribution in [2.45, 2.75) is 38.8 Å². The topological polar surface area (TPSA) is 68.2 Å². The van der Waals surface area contributed by atoms with Gasteiger partial charge in [0.05, 0.1) is 25.7 Å². The van der Waals surface area contributed by atoms with Crippen molar-refractivity contribution >= 4 is 5.91 Å². The first-order valence-corrected chi connectivity index (χ1v) is 8.73. The second kappa shape index (κ2) is 6.84. The third-order valence-electron chi connectivity index (χ3n) is 5.09. The van der Waals surface area contributed by atoms with Crippen LogP contribution in [-0.4, -0.2) is 55.0 Å². The molecule has 0 radical (unpaired) electrons. The van der Waals surface area contributed by atoms with Crippen molar-refractivity contribution in [3.05, 3.63) is 23.8 Å². The highest BCUT2D eigenvalue weighted by Gasteiger charge is 2.44. The molecule has 1 N–H and O–H groups in total. The van der Waals surface area contributed by atoms with Crippen LogP contribution in [-0.2, 0) is 16.1 Å². The van der Waals surface area contributed by atoms with Gasteiger partial charge in [-0.15, -0.1) is 0 Å². The predicted molar refractivity (Wildman–Crippen MR) is 92.7 cm³/mol. The zero-order valence-corrected chi connectivity index (χ0v) is 15.2. The summed E-state index contributed by atoms with van der Waals surface area (Å²) in [4.78, 5) is 15.1. The Morgan fingerprint density at radius 1 is 1.32 bits per heavy atom. The number of methoxy groups -OCH3 is 1. The smallest absolute Gasteiger partial charge is 0.231 e. The summed E-state index contributed by atoms with van der Waals surface area (Å²) in [7, 11) is 1.62. The largest absolute Gasteiger partial charge is 0.497 e. The van der Waals surface area contributed by atoms with Crippen molar-refractivity contribution in [1.82, 2.24) is 4.90 Å². The summed E-state index contributed by atoms with van der Waals surface area (Å²) in [6.45, 7) is 5.73. The summed E-state index contributed by atoms with van der Waals surface area (Å²) < 4.78 is 16.8. The summed E-state index contributed by atoms with van der Waals surface area (Å²) in [6.07, 6.45) is 1.10. The first kappa shape index (κ1) is 18.0. The van der Waals surface area contributed by atoms with E-state index in [9.17, 15) is 9.90 Å². The molecular weight excluding hydrogens is 322 g/mol. The van der Waals surface area contributed by atoms with Gasteiger partial charge in [-0.25, -0.2) is 0 Å². The minimum Gasteiger partial charge on any atom is -0.497 e. The van der Waals surface area contributed by atoms with Crippen LogP contribution in [0.5, 0.6) is 11.5 Å². The maximum absolute atomic E-state index is 13.3. The monoisotopic (exact) mass is 349 g/mol. The molecule has 1 fully saturated rings. The van der Waals surface area contributed by atoms with Gasteiger partial charge in [-0.2, -0.15) is 0 Å². The molecule has 1 saturated heterocycles. The molecule has 138 valence electrons. The molecule has 0 bridgehead atoms. The third-order valence-corrected chi connectivity index (χ3v) is 5.09. The maximum Gasteiger partial charge on any atom is 0.231 e. The number of fused-ring (bicyclic) bond motifs is 1. The van der Waals surface area contributed by atoms with E-state index in [1.54, 1.807) is 7.11 Å². The van der Waals surface area contributed by atoms with Crippen LogP contribution in [0.15, 0.2) is 18.2 Å². The number of hydrogen-bond acceptors (Lipinski definition) is 5. The van der Waals surface area contributed by atoms with Crippen LogP contribution in [0, 0.1) is 5.41 Å². The number of hydrogen-bond donors (Lipinski definition) is 1. The van der Waals surface area contributed by atoms with E-state index in [0.717, 1.165) is 17.1 Å². The molecule has 1 aromatic carbocycles. The number of carbonyl (C=O) groups excluding carboxylic acids is 1. The molecule has 0 atom stereocenters. The van der Waals surface area contributed by atoms with Crippen LogP contribution in [0.4, 0.5) is 0 Å². The summed E-state index contributed by atoms with van der Waals surface area (Å²) in [5.74, 6) is 1.45. The number of nitrogens with zero attached hydrogens (tertiary/aromatic N) is 1. The SMILES string of the molecule is COc1ccc2c(c1)OC(C)(C)CN(C(=O)C1(CO)CCOCC1)C2. The fourth-order valence-electron chi connectivity index (χ4n) is 3.62. The van der Waals surface area contributed by atoms with E-state index in [1.165, 1.54) is 0 Å². The van der Waals surface area contributed by atoms with Gasteiger partial charge in [-0.05, 0) is 38.8 Å². The third kappa shape index (κ3) is 3.60. The van der Waals surface area contributed by atoms with E-state index in [0.29, 0.717) is 39.1 Å². The number of rotatable bonds is 3. The number of amides is 1. The van der Waals surface area contributed by atoms with Crippen LogP contribution in [0.3, 0.4) is 0 Å². The molecule has 0 aliphatic carbocycles. The summed E-state index contributed by atoms with van der Waals surface area (Å²) in [6, 6.07) is 5.67. The van der Waals surface area contributed by atoms with Gasteiger partial charge in [0.25, 0.3) is 0 Å². The minimum atomic E-state index is -0.745. The zero-order chi connectivity index (χ0) is 18.1. The van der Waals surface area contributed by atoms with Gasteiger partial charge in [-0.3, -0.25) is 4.79 Å². The van der Waals surface area contributed by atoms with E-state index in [4.69, 9.17) is 14.2 Å². The van der Waals surface area contributed by atoms with E-state index in [2.05, 4.69) is 0 Å². The van der Waals surface area contributed by atoms with Crippen molar-refractivity contribution in [1.29, 1.82) is 0 Å². The highest BCUT2D eigenvalue weighted by molar-refractivity contribution is 5.83. The van der Waals surface area contributed by atoms with Gasteiger partial charge >= 0.3 is 0 Å². The molecule has 6 nitrogen and oxygen atoms in total. The van der Waals surface area contributed by atoms with Crippen LogP contribution < -0.4 is 9.47 Å². The van der Waals surface area contributed by atoms with Crippen molar-refractivity contribution in [2.24, 2.45) is 5.41 Å². The molecule has 6 heteroatoms. The van der Waals surface area contributed by atoms with Gasteiger partial charge in [0, 0.05) is 31.4 Å². The highest BCUT2D eigenvalue weighted by Crippen LogP contribution is 2.37. The second-order valence-corrected chi connectivity index (χ2v) is 7.55. The molecule has 25 heavy (non-hydrogen) atoms. The fraction of sp³-hybridized carbons (Fsp3) is 0.632. The number of aliphatic hydroxyl groups is 1. The average molecular weight is 349 g/mol. The lowest BCUT2D eigenvalue weighted by atomic mass is 9.79. The molecule has 0 saturated carbocycles.